The Kier molecular flexibility index (Phi) is 5.59. The topological polar surface area (TPSA) is 35.5 Å². The molecule has 0 amide bonds. The number of carbonyl (C=O) groups excluding carboxylic acids is 1. The van der Waals surface area contributed by atoms with Crippen molar-refractivity contribution >= 4 is 5.97 Å². The zero-order valence-corrected chi connectivity index (χ0v) is 13.4. The van der Waals surface area contributed by atoms with Crippen molar-refractivity contribution in [1.82, 2.24) is 0 Å². The van der Waals surface area contributed by atoms with E-state index in [2.05, 4.69) is 6.92 Å². The molecule has 22 heavy (non-hydrogen) atoms. The summed E-state index contributed by atoms with van der Waals surface area (Å²) >= 11 is 0. The Morgan fingerprint density at radius 1 is 1.00 bits per heavy atom. The van der Waals surface area contributed by atoms with Crippen molar-refractivity contribution in [3.8, 4) is 11.5 Å². The molecule has 0 unspecified atom stereocenters. The molecule has 3 nitrogen and oxygen atoms in total. The SMILES string of the molecule is CCOc1cc(C)ccc1OC(=O)Cc1ccccc1CC. The molecule has 0 radical (unpaired) electrons. The minimum atomic E-state index is -0.272. The standard InChI is InChI=1S/C19H22O3/c1-4-15-8-6-7-9-16(15)13-19(20)22-17-11-10-14(3)12-18(17)21-5-2/h6-12H,4-5,13H2,1-3H3. The number of esters is 1. The van der Waals surface area contributed by atoms with Crippen LogP contribution in [0.4, 0.5) is 0 Å². The molecule has 0 saturated heterocycles. The third kappa shape index (κ3) is 4.10. The molecule has 2 aromatic carbocycles. The summed E-state index contributed by atoms with van der Waals surface area (Å²) in [6.45, 7) is 6.50. The van der Waals surface area contributed by atoms with Crippen molar-refractivity contribution in [2.75, 3.05) is 6.61 Å². The Bertz CT molecular complexity index is 647. The van der Waals surface area contributed by atoms with Crippen molar-refractivity contribution < 1.29 is 14.3 Å². The van der Waals surface area contributed by atoms with Crippen LogP contribution >= 0.6 is 0 Å². The van der Waals surface area contributed by atoms with Crippen molar-refractivity contribution in [1.29, 1.82) is 0 Å². The van der Waals surface area contributed by atoms with Crippen LogP contribution in [0.1, 0.15) is 30.5 Å². The van der Waals surface area contributed by atoms with Crippen LogP contribution in [-0.4, -0.2) is 12.6 Å². The van der Waals surface area contributed by atoms with Crippen LogP contribution in [0.2, 0.25) is 0 Å². The first-order chi connectivity index (χ1) is 10.6. The van der Waals surface area contributed by atoms with Gasteiger partial charge in [-0.1, -0.05) is 37.3 Å². The van der Waals surface area contributed by atoms with Crippen LogP contribution in [0.3, 0.4) is 0 Å². The predicted octanol–water partition coefficient (Wildman–Crippen LogP) is 4.10. The molecule has 0 N–H and O–H groups in total. The maximum absolute atomic E-state index is 12.2. The molecule has 0 fully saturated rings. The third-order valence-electron chi connectivity index (χ3n) is 3.46. The smallest absolute Gasteiger partial charge is 0.315 e. The van der Waals surface area contributed by atoms with Crippen LogP contribution in [0.15, 0.2) is 42.5 Å². The molecule has 2 rings (SSSR count). The Labute approximate surface area is 131 Å². The normalized spacial score (nSPS) is 10.3. The van der Waals surface area contributed by atoms with Gasteiger partial charge in [-0.05, 0) is 49.1 Å². The second kappa shape index (κ2) is 7.64. The average Bonchev–Trinajstić information content (AvgIpc) is 2.51. The maximum atomic E-state index is 12.2. The maximum Gasteiger partial charge on any atom is 0.315 e. The zero-order chi connectivity index (χ0) is 15.9. The fraction of sp³-hybridized carbons (Fsp3) is 0.316. The highest BCUT2D eigenvalue weighted by atomic mass is 16.6. The number of ether oxygens (including phenoxy) is 2. The number of carbonyl (C=O) groups is 1. The molecule has 0 spiro atoms. The number of rotatable bonds is 6. The van der Waals surface area contributed by atoms with Gasteiger partial charge in [-0.2, -0.15) is 0 Å². The highest BCUT2D eigenvalue weighted by Gasteiger charge is 2.12. The number of hydrogen-bond acceptors (Lipinski definition) is 3. The molecule has 0 heterocycles. The van der Waals surface area contributed by atoms with Gasteiger partial charge in [0, 0.05) is 0 Å². The summed E-state index contributed by atoms with van der Waals surface area (Å²) in [5, 5.41) is 0. The van der Waals surface area contributed by atoms with Crippen LogP contribution in [0, 0.1) is 6.92 Å². The zero-order valence-electron chi connectivity index (χ0n) is 13.4. The van der Waals surface area contributed by atoms with Crippen molar-refractivity contribution in [3.63, 3.8) is 0 Å². The predicted molar refractivity (Wildman–Crippen MR) is 87.5 cm³/mol. The monoisotopic (exact) mass is 298 g/mol. The number of benzene rings is 2. The van der Waals surface area contributed by atoms with E-state index < -0.39 is 0 Å². The first-order valence-electron chi connectivity index (χ1n) is 7.65. The minimum absolute atomic E-state index is 0.267. The minimum Gasteiger partial charge on any atom is -0.490 e. The first-order valence-corrected chi connectivity index (χ1v) is 7.65. The summed E-state index contributed by atoms with van der Waals surface area (Å²) in [5.41, 5.74) is 3.26. The van der Waals surface area contributed by atoms with Gasteiger partial charge in [-0.3, -0.25) is 4.79 Å². The lowest BCUT2D eigenvalue weighted by Crippen LogP contribution is -2.13. The summed E-state index contributed by atoms with van der Waals surface area (Å²) in [6, 6.07) is 13.5. The lowest BCUT2D eigenvalue weighted by molar-refractivity contribution is -0.133. The first kappa shape index (κ1) is 16.1. The Balaban J connectivity index is 2.12. The largest absolute Gasteiger partial charge is 0.490 e. The molecule has 0 aliphatic heterocycles. The second-order valence-corrected chi connectivity index (χ2v) is 5.16. The molecule has 0 saturated carbocycles. The molecular formula is C19H22O3. The summed E-state index contributed by atoms with van der Waals surface area (Å²) in [7, 11) is 0. The van der Waals surface area contributed by atoms with Gasteiger partial charge in [0.1, 0.15) is 0 Å². The lowest BCUT2D eigenvalue weighted by atomic mass is 10.0. The van der Waals surface area contributed by atoms with E-state index >= 15 is 0 Å². The fourth-order valence-corrected chi connectivity index (χ4v) is 2.36. The molecule has 0 atom stereocenters. The Morgan fingerprint density at radius 3 is 2.41 bits per heavy atom. The fourth-order valence-electron chi connectivity index (χ4n) is 2.36. The number of hydrogen-bond donors (Lipinski definition) is 0. The van der Waals surface area contributed by atoms with E-state index in [1.165, 1.54) is 5.56 Å². The van der Waals surface area contributed by atoms with Crippen LogP contribution < -0.4 is 9.47 Å². The molecule has 2 aromatic rings. The van der Waals surface area contributed by atoms with Gasteiger partial charge in [-0.15, -0.1) is 0 Å². The lowest BCUT2D eigenvalue weighted by Gasteiger charge is -2.12. The second-order valence-electron chi connectivity index (χ2n) is 5.16. The summed E-state index contributed by atoms with van der Waals surface area (Å²) in [6.07, 6.45) is 1.17. The Morgan fingerprint density at radius 2 is 1.73 bits per heavy atom. The van der Waals surface area contributed by atoms with Crippen LogP contribution in [-0.2, 0) is 17.6 Å². The quantitative estimate of drug-likeness (QED) is 0.595. The van der Waals surface area contributed by atoms with Gasteiger partial charge in [0.05, 0.1) is 13.0 Å². The highest BCUT2D eigenvalue weighted by Crippen LogP contribution is 2.28. The molecule has 3 heteroatoms. The summed E-state index contributed by atoms with van der Waals surface area (Å²) in [4.78, 5) is 12.2. The van der Waals surface area contributed by atoms with Crippen LogP contribution in [0.25, 0.3) is 0 Å². The van der Waals surface area contributed by atoms with Crippen LogP contribution in [0.5, 0.6) is 11.5 Å². The molecule has 0 bridgehead atoms. The van der Waals surface area contributed by atoms with E-state index in [0.29, 0.717) is 18.1 Å². The molecule has 0 aromatic heterocycles. The van der Waals surface area contributed by atoms with Gasteiger partial charge in [0.2, 0.25) is 0 Å². The van der Waals surface area contributed by atoms with E-state index in [1.807, 2.05) is 50.2 Å². The van der Waals surface area contributed by atoms with E-state index in [1.54, 1.807) is 6.07 Å². The average molecular weight is 298 g/mol. The Hall–Kier alpha value is -2.29. The third-order valence-corrected chi connectivity index (χ3v) is 3.46. The van der Waals surface area contributed by atoms with E-state index in [0.717, 1.165) is 17.5 Å². The highest BCUT2D eigenvalue weighted by molar-refractivity contribution is 5.76. The van der Waals surface area contributed by atoms with E-state index in [-0.39, 0.29) is 12.4 Å². The van der Waals surface area contributed by atoms with Gasteiger partial charge >= 0.3 is 5.97 Å². The number of aryl methyl sites for hydroxylation is 2. The molecule has 0 aliphatic rings. The molecule has 0 aliphatic carbocycles. The summed E-state index contributed by atoms with van der Waals surface area (Å²) in [5.74, 6) is 0.816. The van der Waals surface area contributed by atoms with E-state index in [9.17, 15) is 4.79 Å². The molecular weight excluding hydrogens is 276 g/mol. The van der Waals surface area contributed by atoms with Gasteiger partial charge in [0.15, 0.2) is 11.5 Å². The molecule has 116 valence electrons. The van der Waals surface area contributed by atoms with E-state index in [4.69, 9.17) is 9.47 Å². The van der Waals surface area contributed by atoms with Gasteiger partial charge in [0.25, 0.3) is 0 Å². The summed E-state index contributed by atoms with van der Waals surface area (Å²) < 4.78 is 11.0. The van der Waals surface area contributed by atoms with Gasteiger partial charge in [-0.25, -0.2) is 0 Å². The van der Waals surface area contributed by atoms with Gasteiger partial charge < -0.3 is 9.47 Å². The van der Waals surface area contributed by atoms with Crippen molar-refractivity contribution in [3.05, 3.63) is 59.2 Å². The van der Waals surface area contributed by atoms with Crippen molar-refractivity contribution in [2.24, 2.45) is 0 Å². The van der Waals surface area contributed by atoms with Crippen molar-refractivity contribution in [2.45, 2.75) is 33.6 Å².